The summed E-state index contributed by atoms with van der Waals surface area (Å²) < 4.78 is 0. The van der Waals surface area contributed by atoms with Gasteiger partial charge in [0.15, 0.2) is 5.70 Å². The lowest BCUT2D eigenvalue weighted by molar-refractivity contribution is 1.27. The highest BCUT2D eigenvalue weighted by Crippen LogP contribution is 2.15. The number of allylic oxidation sites excluding steroid dienone is 2. The zero-order valence-corrected chi connectivity index (χ0v) is 10.2. The number of aryl methyl sites for hydroxylation is 2. The van der Waals surface area contributed by atoms with Gasteiger partial charge in [0.1, 0.15) is 17.8 Å². The Kier molecular flexibility index (Phi) is 4.48. The number of nitriles is 2. The van der Waals surface area contributed by atoms with E-state index in [1.54, 1.807) is 12.1 Å². The van der Waals surface area contributed by atoms with Crippen molar-refractivity contribution in [2.45, 2.75) is 13.8 Å². The van der Waals surface area contributed by atoms with E-state index in [0.29, 0.717) is 0 Å². The molecule has 90 valence electrons. The molecule has 1 rings (SSSR count). The first-order chi connectivity index (χ1) is 8.58. The van der Waals surface area contributed by atoms with Gasteiger partial charge in [-0.15, -0.1) is 0 Å². The average Bonchev–Trinajstić information content (AvgIpc) is 2.36. The first kappa shape index (κ1) is 13.3. The van der Waals surface area contributed by atoms with Gasteiger partial charge in [0, 0.05) is 5.69 Å². The van der Waals surface area contributed by atoms with E-state index >= 15 is 0 Å². The maximum absolute atomic E-state index is 8.74. The lowest BCUT2D eigenvalue weighted by atomic mass is 10.1. The van der Waals surface area contributed by atoms with Gasteiger partial charge in [-0.05, 0) is 25.5 Å². The third-order valence-corrected chi connectivity index (χ3v) is 2.28. The summed E-state index contributed by atoms with van der Waals surface area (Å²) in [6.07, 6.45) is 1.35. The van der Waals surface area contributed by atoms with Crippen LogP contribution in [0.25, 0.3) is 0 Å². The monoisotopic (exact) mass is 239 g/mol. The molecule has 0 aromatic heterocycles. The number of aliphatic imine (C=N–C) groups is 1. The Bertz CT molecular complexity index is 584. The summed E-state index contributed by atoms with van der Waals surface area (Å²) in [6.45, 7) is 3.98. The second kappa shape index (κ2) is 6.07. The van der Waals surface area contributed by atoms with Gasteiger partial charge in [0.05, 0.1) is 6.34 Å². The van der Waals surface area contributed by atoms with Gasteiger partial charge in [-0.2, -0.15) is 10.5 Å². The first-order valence-electron chi connectivity index (χ1n) is 5.24. The highest BCUT2D eigenvalue weighted by atomic mass is 15.0. The maximum atomic E-state index is 8.74. The maximum Gasteiger partial charge on any atom is 0.175 e. The molecule has 5 heteroatoms. The van der Waals surface area contributed by atoms with Crippen LogP contribution in [0.15, 0.2) is 34.6 Å². The van der Waals surface area contributed by atoms with Crippen molar-refractivity contribution >= 4 is 12.0 Å². The summed E-state index contributed by atoms with van der Waals surface area (Å²) >= 11 is 0. The average molecular weight is 239 g/mol. The third-order valence-electron chi connectivity index (χ3n) is 2.28. The Morgan fingerprint density at radius 2 is 2.06 bits per heavy atom. The van der Waals surface area contributed by atoms with Gasteiger partial charge in [-0.3, -0.25) is 0 Å². The molecule has 1 aromatic rings. The Balaban J connectivity index is 2.84. The number of hydrogen-bond donors (Lipinski definition) is 2. The summed E-state index contributed by atoms with van der Waals surface area (Å²) in [7, 11) is 0. The minimum atomic E-state index is -0.198. The van der Waals surface area contributed by atoms with E-state index in [-0.39, 0.29) is 11.4 Å². The highest BCUT2D eigenvalue weighted by molar-refractivity contribution is 5.78. The van der Waals surface area contributed by atoms with E-state index in [4.69, 9.17) is 16.3 Å². The molecule has 0 aliphatic heterocycles. The molecule has 0 spiro atoms. The molecule has 18 heavy (non-hydrogen) atoms. The van der Waals surface area contributed by atoms with Crippen LogP contribution in [0.1, 0.15) is 11.1 Å². The Hall–Kier alpha value is -2.79. The van der Waals surface area contributed by atoms with E-state index in [1.807, 2.05) is 32.0 Å². The van der Waals surface area contributed by atoms with Crippen molar-refractivity contribution in [3.05, 3.63) is 40.7 Å². The van der Waals surface area contributed by atoms with Crippen molar-refractivity contribution in [3.63, 3.8) is 0 Å². The van der Waals surface area contributed by atoms with Crippen LogP contribution in [0.3, 0.4) is 0 Å². The molecule has 0 heterocycles. The van der Waals surface area contributed by atoms with Crippen molar-refractivity contribution in [2.75, 3.05) is 5.32 Å². The molecule has 5 nitrogen and oxygen atoms in total. The van der Waals surface area contributed by atoms with Crippen molar-refractivity contribution in [1.29, 1.82) is 10.5 Å². The largest absolute Gasteiger partial charge is 0.388 e. The van der Waals surface area contributed by atoms with E-state index in [1.165, 1.54) is 11.9 Å². The molecule has 1 aromatic carbocycles. The summed E-state index contributed by atoms with van der Waals surface area (Å²) in [5, 5.41) is 20.2. The lowest BCUT2D eigenvalue weighted by Crippen LogP contribution is -2.01. The Labute approximate surface area is 106 Å². The van der Waals surface area contributed by atoms with Crippen LogP contribution in [-0.4, -0.2) is 6.34 Å². The van der Waals surface area contributed by atoms with Gasteiger partial charge in [-0.1, -0.05) is 17.7 Å². The number of nitrogens with two attached hydrogens (primary N) is 1. The molecular formula is C13H13N5. The number of nitrogens with one attached hydrogen (secondary N) is 1. The van der Waals surface area contributed by atoms with Crippen molar-refractivity contribution < 1.29 is 0 Å². The van der Waals surface area contributed by atoms with Gasteiger partial charge in [0.25, 0.3) is 0 Å². The quantitative estimate of drug-likeness (QED) is 0.478. The van der Waals surface area contributed by atoms with Gasteiger partial charge in [0.2, 0.25) is 0 Å². The van der Waals surface area contributed by atoms with Gasteiger partial charge < -0.3 is 11.1 Å². The second-order valence-electron chi connectivity index (χ2n) is 3.71. The van der Waals surface area contributed by atoms with E-state index in [0.717, 1.165) is 11.3 Å². The summed E-state index contributed by atoms with van der Waals surface area (Å²) in [4.78, 5) is 3.81. The minimum Gasteiger partial charge on any atom is -0.388 e. The molecule has 0 saturated carbocycles. The normalized spacial score (nSPS) is 11.6. The number of rotatable bonds is 3. The lowest BCUT2D eigenvalue weighted by Gasteiger charge is -2.05. The van der Waals surface area contributed by atoms with Gasteiger partial charge >= 0.3 is 0 Å². The molecule has 0 aliphatic rings. The highest BCUT2D eigenvalue weighted by Gasteiger charge is 1.99. The molecule has 0 bridgehead atoms. The van der Waals surface area contributed by atoms with Crippen LogP contribution in [-0.2, 0) is 0 Å². The Morgan fingerprint density at radius 1 is 1.33 bits per heavy atom. The number of hydrogen-bond acceptors (Lipinski definition) is 4. The predicted octanol–water partition coefficient (Wildman–Crippen LogP) is 1.96. The SMILES string of the molecule is Cc1ccc(NC=N/C(C#N)=C(\N)C#N)c(C)c1. The third kappa shape index (κ3) is 3.36. The van der Waals surface area contributed by atoms with E-state index < -0.39 is 0 Å². The molecule has 0 aliphatic carbocycles. The van der Waals surface area contributed by atoms with Crippen molar-refractivity contribution in [3.8, 4) is 12.1 Å². The van der Waals surface area contributed by atoms with E-state index in [2.05, 4.69) is 10.3 Å². The molecule has 0 saturated heterocycles. The molecule has 0 amide bonds. The van der Waals surface area contributed by atoms with Crippen LogP contribution in [0.4, 0.5) is 5.69 Å². The molecule has 0 fully saturated rings. The molecule has 0 unspecified atom stereocenters. The van der Waals surface area contributed by atoms with Gasteiger partial charge in [-0.25, -0.2) is 4.99 Å². The topological polar surface area (TPSA) is 98.0 Å². The molecule has 0 radical (unpaired) electrons. The first-order valence-corrected chi connectivity index (χ1v) is 5.24. The molecular weight excluding hydrogens is 226 g/mol. The van der Waals surface area contributed by atoms with Crippen LogP contribution in [0, 0.1) is 36.5 Å². The summed E-state index contributed by atoms with van der Waals surface area (Å²) in [6, 6.07) is 9.35. The predicted molar refractivity (Wildman–Crippen MR) is 70.5 cm³/mol. The van der Waals surface area contributed by atoms with E-state index in [9.17, 15) is 0 Å². The molecule has 3 N–H and O–H groups in total. The fourth-order valence-electron chi connectivity index (χ4n) is 1.35. The minimum absolute atomic E-state index is 0.102. The van der Waals surface area contributed by atoms with Crippen LogP contribution < -0.4 is 11.1 Å². The van der Waals surface area contributed by atoms with Crippen LogP contribution in [0.2, 0.25) is 0 Å². The number of anilines is 1. The summed E-state index contributed by atoms with van der Waals surface area (Å²) in [5.41, 5.74) is 8.13. The van der Waals surface area contributed by atoms with Crippen LogP contribution in [0.5, 0.6) is 0 Å². The second-order valence-corrected chi connectivity index (χ2v) is 3.71. The standard InChI is InChI=1S/C13H13N5/c1-9-3-4-12(10(2)5-9)17-8-18-13(7-15)11(16)6-14/h3-5,8H,16H2,1-2H3,(H,17,18)/b13-11-. The zero-order chi connectivity index (χ0) is 13.5. The number of nitrogens with zero attached hydrogens (tertiary/aromatic N) is 3. The smallest absolute Gasteiger partial charge is 0.175 e. The fraction of sp³-hybridized carbons (Fsp3) is 0.154. The number of benzene rings is 1. The fourth-order valence-corrected chi connectivity index (χ4v) is 1.35. The van der Waals surface area contributed by atoms with Crippen molar-refractivity contribution in [1.82, 2.24) is 0 Å². The molecule has 0 atom stereocenters. The zero-order valence-electron chi connectivity index (χ0n) is 10.2. The van der Waals surface area contributed by atoms with Crippen LogP contribution >= 0.6 is 0 Å². The Morgan fingerprint density at radius 3 is 2.61 bits per heavy atom. The van der Waals surface area contributed by atoms with Crippen molar-refractivity contribution in [2.24, 2.45) is 10.7 Å². The summed E-state index contributed by atoms with van der Waals surface area (Å²) in [5.74, 6) is 0.